The van der Waals surface area contributed by atoms with Crippen LogP contribution >= 0.6 is 23.5 Å². The third-order valence-electron chi connectivity index (χ3n) is 5.21. The van der Waals surface area contributed by atoms with E-state index in [1.807, 2.05) is 44.2 Å². The predicted octanol–water partition coefficient (Wildman–Crippen LogP) is 5.21. The largest absolute Gasteiger partial charge is 0.350 e. The van der Waals surface area contributed by atoms with E-state index in [0.29, 0.717) is 18.8 Å². The van der Waals surface area contributed by atoms with E-state index < -0.39 is 0 Å². The van der Waals surface area contributed by atoms with Crippen molar-refractivity contribution in [3.05, 3.63) is 71.0 Å². The van der Waals surface area contributed by atoms with Crippen molar-refractivity contribution in [3.8, 4) is 0 Å². The monoisotopic (exact) mass is 465 g/mol. The van der Waals surface area contributed by atoms with Gasteiger partial charge < -0.3 is 10.3 Å². The van der Waals surface area contributed by atoms with Crippen LogP contribution in [0, 0.1) is 13.8 Å². The van der Waals surface area contributed by atoms with Gasteiger partial charge in [-0.3, -0.25) is 9.48 Å². The molecule has 0 aliphatic carbocycles. The molecular weight excluding hydrogens is 438 g/mol. The second-order valence-electron chi connectivity index (χ2n) is 7.48. The lowest BCUT2D eigenvalue weighted by molar-refractivity contribution is 0.0945. The summed E-state index contributed by atoms with van der Waals surface area (Å²) >= 11 is 3.49. The number of nitrogens with zero attached hydrogens (tertiary/aromatic N) is 3. The number of amides is 1. The van der Waals surface area contributed by atoms with E-state index in [9.17, 15) is 4.79 Å². The van der Waals surface area contributed by atoms with Gasteiger partial charge in [0.05, 0.1) is 16.7 Å². The number of nitrogens with one attached hydrogen (secondary N) is 2. The number of hydrogen-bond donors (Lipinski definition) is 2. The number of imidazole rings is 1. The van der Waals surface area contributed by atoms with E-state index >= 15 is 0 Å². The zero-order chi connectivity index (χ0) is 22.5. The molecule has 0 spiro atoms. The first-order chi connectivity index (χ1) is 15.5. The number of benzene rings is 2. The number of aromatic nitrogens is 4. The molecule has 0 atom stereocenters. The van der Waals surface area contributed by atoms with Crippen LogP contribution in [0.25, 0.3) is 11.0 Å². The number of carbonyl (C=O) groups excluding carboxylic acids is 1. The van der Waals surface area contributed by atoms with Gasteiger partial charge in [0.25, 0.3) is 5.91 Å². The second kappa shape index (κ2) is 10.3. The molecule has 0 fully saturated rings. The number of rotatable bonds is 9. The Morgan fingerprint density at radius 3 is 2.78 bits per heavy atom. The van der Waals surface area contributed by atoms with Crippen molar-refractivity contribution in [3.63, 3.8) is 0 Å². The Morgan fingerprint density at radius 2 is 1.97 bits per heavy atom. The molecule has 32 heavy (non-hydrogen) atoms. The summed E-state index contributed by atoms with van der Waals surface area (Å²) in [6, 6.07) is 16.3. The molecule has 2 aromatic carbocycles. The van der Waals surface area contributed by atoms with Gasteiger partial charge in [-0.1, -0.05) is 36.0 Å². The fourth-order valence-electron chi connectivity index (χ4n) is 3.50. The molecule has 2 aromatic heterocycles. The third kappa shape index (κ3) is 5.19. The number of aromatic amines is 1. The lowest BCUT2D eigenvalue weighted by Crippen LogP contribution is -2.28. The van der Waals surface area contributed by atoms with Crippen LogP contribution in [0.2, 0.25) is 0 Å². The summed E-state index contributed by atoms with van der Waals surface area (Å²) in [6.45, 7) is 7.35. The fourth-order valence-corrected chi connectivity index (χ4v) is 5.40. The normalized spacial score (nSPS) is 11.2. The van der Waals surface area contributed by atoms with Gasteiger partial charge in [0.1, 0.15) is 5.69 Å². The molecule has 0 radical (unpaired) electrons. The molecule has 0 saturated heterocycles. The van der Waals surface area contributed by atoms with Crippen LogP contribution in [-0.4, -0.2) is 38.0 Å². The number of para-hydroxylation sites is 2. The second-order valence-corrected chi connectivity index (χ2v) is 9.58. The Hall–Kier alpha value is -2.71. The molecule has 0 aliphatic heterocycles. The topological polar surface area (TPSA) is 75.6 Å². The van der Waals surface area contributed by atoms with Crippen LogP contribution in [0.3, 0.4) is 0 Å². The van der Waals surface area contributed by atoms with Gasteiger partial charge in [0.2, 0.25) is 0 Å². The Morgan fingerprint density at radius 1 is 1.12 bits per heavy atom. The molecule has 0 saturated carbocycles. The van der Waals surface area contributed by atoms with Gasteiger partial charge in [0.15, 0.2) is 5.16 Å². The molecule has 0 aliphatic rings. The first kappa shape index (κ1) is 22.5. The molecule has 2 N–H and O–H groups in total. The summed E-state index contributed by atoms with van der Waals surface area (Å²) in [4.78, 5) is 21.7. The summed E-state index contributed by atoms with van der Waals surface area (Å²) < 4.78 is 1.74. The van der Waals surface area contributed by atoms with Crippen LogP contribution in [0.4, 0.5) is 0 Å². The summed E-state index contributed by atoms with van der Waals surface area (Å²) in [7, 11) is 0. The van der Waals surface area contributed by atoms with Gasteiger partial charge in [-0.2, -0.15) is 5.10 Å². The van der Waals surface area contributed by atoms with E-state index in [2.05, 4.69) is 45.5 Å². The number of carbonyl (C=O) groups is 1. The van der Waals surface area contributed by atoms with E-state index in [1.165, 1.54) is 16.0 Å². The summed E-state index contributed by atoms with van der Waals surface area (Å²) in [5.41, 5.74) is 6.12. The molecule has 0 unspecified atom stereocenters. The molecule has 4 aromatic rings. The quantitative estimate of drug-likeness (QED) is 0.262. The van der Waals surface area contributed by atoms with E-state index in [1.54, 1.807) is 28.2 Å². The molecule has 2 heterocycles. The maximum atomic E-state index is 12.5. The summed E-state index contributed by atoms with van der Waals surface area (Å²) in [5, 5.41) is 8.29. The lowest BCUT2D eigenvalue weighted by atomic mass is 10.1. The number of H-pyrrole nitrogens is 1. The van der Waals surface area contributed by atoms with Crippen molar-refractivity contribution in [1.29, 1.82) is 0 Å². The van der Waals surface area contributed by atoms with Crippen LogP contribution < -0.4 is 5.32 Å². The van der Waals surface area contributed by atoms with Crippen LogP contribution in [0.15, 0.2) is 58.6 Å². The smallest absolute Gasteiger partial charge is 0.269 e. The highest BCUT2D eigenvalue weighted by atomic mass is 32.2. The minimum Gasteiger partial charge on any atom is -0.350 e. The number of fused-ring (bicyclic) bond motifs is 1. The molecule has 8 heteroatoms. The van der Waals surface area contributed by atoms with Crippen molar-refractivity contribution < 1.29 is 4.79 Å². The minimum atomic E-state index is -0.0687. The molecule has 1 amide bonds. The Bertz CT molecular complexity index is 1200. The predicted molar refractivity (Wildman–Crippen MR) is 133 cm³/mol. The highest BCUT2D eigenvalue weighted by Gasteiger charge is 2.13. The molecule has 166 valence electrons. The average molecular weight is 466 g/mol. The average Bonchev–Trinajstić information content (AvgIpc) is 3.39. The molecule has 6 nitrogen and oxygen atoms in total. The van der Waals surface area contributed by atoms with Gasteiger partial charge in [-0.25, -0.2) is 4.98 Å². The van der Waals surface area contributed by atoms with Gasteiger partial charge in [-0.05, 0) is 56.2 Å². The maximum Gasteiger partial charge on any atom is 0.269 e. The van der Waals surface area contributed by atoms with Crippen LogP contribution in [-0.2, 0) is 12.3 Å². The summed E-state index contributed by atoms with van der Waals surface area (Å²) in [6.07, 6.45) is 0. The fraction of sp³-hybridized carbons (Fsp3) is 0.292. The van der Waals surface area contributed by atoms with Crippen molar-refractivity contribution in [2.45, 2.75) is 43.1 Å². The summed E-state index contributed by atoms with van der Waals surface area (Å²) in [5.74, 6) is 1.60. The Kier molecular flexibility index (Phi) is 7.22. The van der Waals surface area contributed by atoms with Crippen molar-refractivity contribution in [2.75, 3.05) is 12.3 Å². The van der Waals surface area contributed by atoms with Gasteiger partial charge >= 0.3 is 0 Å². The minimum absolute atomic E-state index is 0.0687. The van der Waals surface area contributed by atoms with Crippen LogP contribution in [0.1, 0.15) is 34.2 Å². The lowest BCUT2D eigenvalue weighted by Gasteiger charge is -2.11. The van der Waals surface area contributed by atoms with E-state index in [0.717, 1.165) is 33.4 Å². The third-order valence-corrected chi connectivity index (χ3v) is 7.29. The molecule has 0 bridgehead atoms. The van der Waals surface area contributed by atoms with E-state index in [4.69, 9.17) is 0 Å². The maximum absolute atomic E-state index is 12.5. The van der Waals surface area contributed by atoms with Gasteiger partial charge in [0, 0.05) is 29.5 Å². The number of thioether (sulfide) groups is 2. The number of hydrogen-bond acceptors (Lipinski definition) is 5. The standard InChI is InChI=1S/C24H27N5OS2/c1-4-29-21(14-16(2)28-29)23(30)25-12-13-31-22-11-7-8-18(17(22)3)15-32-24-26-19-9-5-6-10-20(19)27-24/h5-11,14H,4,12-13,15H2,1-3H3,(H,25,30)(H,26,27). The highest BCUT2D eigenvalue weighted by molar-refractivity contribution is 7.99. The van der Waals surface area contributed by atoms with Gasteiger partial charge in [-0.15, -0.1) is 11.8 Å². The van der Waals surface area contributed by atoms with E-state index in [-0.39, 0.29) is 5.91 Å². The Labute approximate surface area is 196 Å². The number of aryl methyl sites for hydroxylation is 2. The zero-order valence-corrected chi connectivity index (χ0v) is 20.1. The first-order valence-corrected chi connectivity index (χ1v) is 12.6. The highest BCUT2D eigenvalue weighted by Crippen LogP contribution is 2.29. The van der Waals surface area contributed by atoms with Crippen molar-refractivity contribution in [2.24, 2.45) is 0 Å². The molecular formula is C24H27N5OS2. The molecule has 4 rings (SSSR count). The SMILES string of the molecule is CCn1nc(C)cc1C(=O)NCCSc1cccc(CSc2nc3ccccc3[nH]2)c1C. The van der Waals surface area contributed by atoms with Crippen LogP contribution in [0.5, 0.6) is 0 Å². The van der Waals surface area contributed by atoms with Crippen molar-refractivity contribution >= 4 is 40.5 Å². The zero-order valence-electron chi connectivity index (χ0n) is 18.5. The van der Waals surface area contributed by atoms with Crippen molar-refractivity contribution in [1.82, 2.24) is 25.1 Å². The Balaban J connectivity index is 1.30. The first-order valence-electron chi connectivity index (χ1n) is 10.7.